The van der Waals surface area contributed by atoms with Crippen molar-refractivity contribution in [3.8, 4) is 0 Å². The molecule has 0 saturated heterocycles. The van der Waals surface area contributed by atoms with Gasteiger partial charge in [-0.25, -0.2) is 13.1 Å². The van der Waals surface area contributed by atoms with Crippen LogP contribution in [0.25, 0.3) is 0 Å². The smallest absolute Gasteiger partial charge is 0.240 e. The van der Waals surface area contributed by atoms with E-state index in [-0.39, 0.29) is 11.5 Å². The fraction of sp³-hybridized carbons (Fsp3) is 0.455. The third-order valence-electron chi connectivity index (χ3n) is 2.21. The van der Waals surface area contributed by atoms with Crippen LogP contribution in [0.1, 0.15) is 25.3 Å². The minimum absolute atomic E-state index is 0.154. The summed E-state index contributed by atoms with van der Waals surface area (Å²) >= 11 is 0. The summed E-state index contributed by atoms with van der Waals surface area (Å²) in [7, 11) is -3.43. The first-order valence-corrected chi connectivity index (χ1v) is 6.78. The Bertz CT molecular complexity index is 429. The molecule has 1 aromatic carbocycles. The molecule has 0 aliphatic rings. The van der Waals surface area contributed by atoms with Crippen molar-refractivity contribution in [3.05, 3.63) is 29.8 Å². The van der Waals surface area contributed by atoms with Crippen molar-refractivity contribution >= 4 is 10.0 Å². The first kappa shape index (κ1) is 13.2. The molecule has 0 heterocycles. The van der Waals surface area contributed by atoms with E-state index in [2.05, 4.69) is 4.72 Å². The average Bonchev–Trinajstić information content (AvgIpc) is 2.29. The van der Waals surface area contributed by atoms with Crippen LogP contribution in [0.5, 0.6) is 0 Å². The molecule has 0 atom stereocenters. The van der Waals surface area contributed by atoms with Gasteiger partial charge in [-0.3, -0.25) is 0 Å². The molecule has 0 aliphatic heterocycles. The first-order valence-electron chi connectivity index (χ1n) is 5.29. The van der Waals surface area contributed by atoms with Crippen molar-refractivity contribution in [1.82, 2.24) is 4.72 Å². The summed E-state index contributed by atoms with van der Waals surface area (Å²) in [5, 5.41) is 8.93. The standard InChI is InChI=1S/C11H17NO3S/c1-2-3-7-12-16(14,15)11-6-4-5-10(8-11)9-13/h4-6,8,12-13H,2-3,7,9H2,1H3. The van der Waals surface area contributed by atoms with E-state index >= 15 is 0 Å². The minimum atomic E-state index is -3.43. The number of nitrogens with one attached hydrogen (secondary N) is 1. The maximum atomic E-state index is 11.8. The number of sulfonamides is 1. The molecule has 1 rings (SSSR count). The zero-order valence-corrected chi connectivity index (χ0v) is 10.1. The third kappa shape index (κ3) is 3.59. The predicted molar refractivity (Wildman–Crippen MR) is 62.5 cm³/mol. The largest absolute Gasteiger partial charge is 0.392 e. The molecule has 1 aromatic rings. The normalized spacial score (nSPS) is 11.6. The highest BCUT2D eigenvalue weighted by atomic mass is 32.2. The summed E-state index contributed by atoms with van der Waals surface area (Å²) in [6.45, 7) is 2.29. The van der Waals surface area contributed by atoms with Crippen LogP contribution in [-0.4, -0.2) is 20.1 Å². The van der Waals surface area contributed by atoms with E-state index in [1.54, 1.807) is 12.1 Å². The lowest BCUT2D eigenvalue weighted by molar-refractivity contribution is 0.281. The Kier molecular flexibility index (Phi) is 4.92. The van der Waals surface area contributed by atoms with Gasteiger partial charge in [0.05, 0.1) is 11.5 Å². The molecule has 0 bridgehead atoms. The summed E-state index contributed by atoms with van der Waals surface area (Å²) in [6.07, 6.45) is 1.76. The molecule has 0 amide bonds. The van der Waals surface area contributed by atoms with Crippen molar-refractivity contribution in [2.24, 2.45) is 0 Å². The molecule has 0 aliphatic carbocycles. The Labute approximate surface area is 96.4 Å². The predicted octanol–water partition coefficient (Wildman–Crippen LogP) is 1.26. The van der Waals surface area contributed by atoms with Gasteiger partial charge >= 0.3 is 0 Å². The van der Waals surface area contributed by atoms with Gasteiger partial charge in [-0.2, -0.15) is 0 Å². The Hall–Kier alpha value is -0.910. The van der Waals surface area contributed by atoms with Crippen LogP contribution in [-0.2, 0) is 16.6 Å². The molecular weight excluding hydrogens is 226 g/mol. The lowest BCUT2D eigenvalue weighted by Crippen LogP contribution is -2.24. The zero-order chi connectivity index (χ0) is 12.0. The Morgan fingerprint density at radius 2 is 2.12 bits per heavy atom. The number of unbranched alkanes of at least 4 members (excludes halogenated alkanes) is 1. The highest BCUT2D eigenvalue weighted by molar-refractivity contribution is 7.89. The quantitative estimate of drug-likeness (QED) is 0.739. The van der Waals surface area contributed by atoms with Crippen LogP contribution in [0, 0.1) is 0 Å². The number of aliphatic hydroxyl groups is 1. The van der Waals surface area contributed by atoms with Crippen molar-refractivity contribution in [2.45, 2.75) is 31.3 Å². The van der Waals surface area contributed by atoms with Gasteiger partial charge in [0.2, 0.25) is 10.0 Å². The van der Waals surface area contributed by atoms with E-state index in [9.17, 15) is 8.42 Å². The second kappa shape index (κ2) is 5.98. The third-order valence-corrected chi connectivity index (χ3v) is 3.67. The Morgan fingerprint density at radius 3 is 2.75 bits per heavy atom. The molecule has 2 N–H and O–H groups in total. The molecule has 90 valence electrons. The van der Waals surface area contributed by atoms with Gasteiger partial charge in [0.15, 0.2) is 0 Å². The average molecular weight is 243 g/mol. The van der Waals surface area contributed by atoms with Gasteiger partial charge in [0.25, 0.3) is 0 Å². The number of benzene rings is 1. The molecule has 0 fully saturated rings. The SMILES string of the molecule is CCCCNS(=O)(=O)c1cccc(CO)c1. The molecule has 0 saturated carbocycles. The molecule has 0 radical (unpaired) electrons. The second-order valence-electron chi connectivity index (χ2n) is 3.56. The molecule has 5 heteroatoms. The van der Waals surface area contributed by atoms with E-state index in [1.807, 2.05) is 6.92 Å². The molecule has 16 heavy (non-hydrogen) atoms. The topological polar surface area (TPSA) is 66.4 Å². The van der Waals surface area contributed by atoms with Gasteiger partial charge in [-0.1, -0.05) is 25.5 Å². The number of rotatable bonds is 6. The van der Waals surface area contributed by atoms with Gasteiger partial charge in [-0.05, 0) is 24.1 Å². The summed E-state index contributed by atoms with van der Waals surface area (Å²) in [4.78, 5) is 0.204. The van der Waals surface area contributed by atoms with Gasteiger partial charge in [0.1, 0.15) is 0 Å². The highest BCUT2D eigenvalue weighted by Crippen LogP contribution is 2.11. The number of aliphatic hydroxyl groups excluding tert-OH is 1. The van der Waals surface area contributed by atoms with E-state index in [0.717, 1.165) is 12.8 Å². The lowest BCUT2D eigenvalue weighted by Gasteiger charge is -2.06. The van der Waals surface area contributed by atoms with E-state index in [4.69, 9.17) is 5.11 Å². The van der Waals surface area contributed by atoms with Crippen molar-refractivity contribution in [1.29, 1.82) is 0 Å². The van der Waals surface area contributed by atoms with Crippen LogP contribution in [0.2, 0.25) is 0 Å². The van der Waals surface area contributed by atoms with Crippen molar-refractivity contribution < 1.29 is 13.5 Å². The van der Waals surface area contributed by atoms with Crippen molar-refractivity contribution in [2.75, 3.05) is 6.54 Å². The van der Waals surface area contributed by atoms with Gasteiger partial charge in [-0.15, -0.1) is 0 Å². The first-order chi connectivity index (χ1) is 7.60. The molecule has 4 nitrogen and oxygen atoms in total. The fourth-order valence-electron chi connectivity index (χ4n) is 1.28. The Morgan fingerprint density at radius 1 is 1.38 bits per heavy atom. The van der Waals surface area contributed by atoms with Crippen LogP contribution in [0.15, 0.2) is 29.2 Å². The second-order valence-corrected chi connectivity index (χ2v) is 5.32. The molecule has 0 spiro atoms. The summed E-state index contributed by atoms with van der Waals surface area (Å²) in [6, 6.07) is 6.31. The summed E-state index contributed by atoms with van der Waals surface area (Å²) < 4.78 is 26.1. The molecule has 0 aromatic heterocycles. The maximum Gasteiger partial charge on any atom is 0.240 e. The van der Waals surface area contributed by atoms with Crippen LogP contribution in [0.3, 0.4) is 0 Å². The highest BCUT2D eigenvalue weighted by Gasteiger charge is 2.12. The number of hydrogen-bond acceptors (Lipinski definition) is 3. The maximum absolute atomic E-state index is 11.8. The van der Waals surface area contributed by atoms with Crippen LogP contribution in [0.4, 0.5) is 0 Å². The summed E-state index contributed by atoms with van der Waals surface area (Å²) in [5.41, 5.74) is 0.596. The Balaban J connectivity index is 2.81. The monoisotopic (exact) mass is 243 g/mol. The molecule has 0 unspecified atom stereocenters. The van der Waals surface area contributed by atoms with Gasteiger partial charge in [0, 0.05) is 6.54 Å². The summed E-state index contributed by atoms with van der Waals surface area (Å²) in [5.74, 6) is 0. The number of hydrogen-bond donors (Lipinski definition) is 2. The fourth-order valence-corrected chi connectivity index (χ4v) is 2.42. The van der Waals surface area contributed by atoms with Crippen LogP contribution < -0.4 is 4.72 Å². The minimum Gasteiger partial charge on any atom is -0.392 e. The zero-order valence-electron chi connectivity index (χ0n) is 9.31. The lowest BCUT2D eigenvalue weighted by atomic mass is 10.2. The van der Waals surface area contributed by atoms with Crippen molar-refractivity contribution in [3.63, 3.8) is 0 Å². The van der Waals surface area contributed by atoms with E-state index < -0.39 is 10.0 Å². The van der Waals surface area contributed by atoms with Gasteiger partial charge < -0.3 is 5.11 Å². The van der Waals surface area contributed by atoms with Crippen LogP contribution >= 0.6 is 0 Å². The molecular formula is C11H17NO3S. The van der Waals surface area contributed by atoms with E-state index in [0.29, 0.717) is 12.1 Å². The van der Waals surface area contributed by atoms with E-state index in [1.165, 1.54) is 12.1 Å².